The fraction of sp³-hybridized carbons (Fsp3) is 1.00. The molecule has 0 fully saturated rings. The lowest BCUT2D eigenvalue weighted by atomic mass is 9.59. The second-order valence-electron chi connectivity index (χ2n) is 5.62. The molecule has 0 radical (unpaired) electrons. The number of halogens is 22. The van der Waals surface area contributed by atoms with Gasteiger partial charge in [-0.25, -0.2) is 4.39 Å². The fourth-order valence-electron chi connectivity index (χ4n) is 2.43. The highest BCUT2D eigenvalue weighted by Crippen LogP contribution is 2.77. The monoisotopic (exact) mass is 538 g/mol. The fourth-order valence-corrected chi connectivity index (χ4v) is 2.43. The first-order valence-electron chi connectivity index (χ1n) is 6.41. The van der Waals surface area contributed by atoms with Gasteiger partial charge >= 0.3 is 54.3 Å². The number of alkyl halides is 22. The van der Waals surface area contributed by atoms with Crippen molar-refractivity contribution in [1.29, 1.82) is 0 Å². The van der Waals surface area contributed by atoms with Crippen molar-refractivity contribution < 1.29 is 96.6 Å². The minimum atomic E-state index is -10.2. The van der Waals surface area contributed by atoms with Crippen molar-refractivity contribution in [2.24, 2.45) is 5.41 Å². The molecule has 0 aromatic rings. The molecule has 0 aliphatic carbocycles. The van der Waals surface area contributed by atoms with Crippen LogP contribution < -0.4 is 0 Å². The van der Waals surface area contributed by atoms with Gasteiger partial charge in [0.25, 0.3) is 5.41 Å². The molecule has 1 unspecified atom stereocenters. The Labute approximate surface area is 158 Å². The van der Waals surface area contributed by atoms with Gasteiger partial charge in [0.1, 0.15) is 0 Å². The van der Waals surface area contributed by atoms with E-state index in [1.807, 2.05) is 0 Å². The highest BCUT2D eigenvalue weighted by atomic mass is 19.5. The molecule has 0 spiro atoms. The van der Waals surface area contributed by atoms with Gasteiger partial charge in [0.2, 0.25) is 0 Å². The maximum absolute atomic E-state index is 14.2. The highest BCUT2D eigenvalue weighted by molar-refractivity contribution is 5.27. The van der Waals surface area contributed by atoms with Gasteiger partial charge in [0, 0.05) is 0 Å². The third-order valence-electron chi connectivity index (χ3n) is 3.78. The quantitative estimate of drug-likeness (QED) is 0.328. The molecule has 0 aliphatic heterocycles. The molecule has 1 atom stereocenters. The largest absolute Gasteiger partial charge is 0.457 e. The van der Waals surface area contributed by atoms with E-state index in [1.165, 1.54) is 0 Å². The molecule has 0 aromatic carbocycles. The van der Waals surface area contributed by atoms with E-state index in [2.05, 4.69) is 0 Å². The van der Waals surface area contributed by atoms with Gasteiger partial charge < -0.3 is 0 Å². The van der Waals surface area contributed by atoms with Crippen molar-refractivity contribution in [2.45, 2.75) is 54.3 Å². The summed E-state index contributed by atoms with van der Waals surface area (Å²) in [5.41, 5.74) is -20.2. The van der Waals surface area contributed by atoms with Crippen LogP contribution in [0, 0.1) is 5.41 Å². The number of hydrogen-bond acceptors (Lipinski definition) is 0. The molecule has 0 aliphatic rings. The van der Waals surface area contributed by atoms with Crippen LogP contribution in [-0.4, -0.2) is 54.3 Å². The van der Waals surface area contributed by atoms with Crippen LogP contribution in [0.4, 0.5) is 96.6 Å². The third-order valence-corrected chi connectivity index (χ3v) is 3.78. The van der Waals surface area contributed by atoms with E-state index < -0.39 is 59.7 Å². The predicted octanol–water partition coefficient (Wildman–Crippen LogP) is 7.40. The minimum Gasteiger partial charge on any atom is -0.225 e. The summed E-state index contributed by atoms with van der Waals surface area (Å²) in [4.78, 5) is 0. The Morgan fingerprint density at radius 3 is 0.562 bits per heavy atom. The van der Waals surface area contributed by atoms with Crippen molar-refractivity contribution >= 4 is 0 Å². The number of rotatable bonds is 4. The van der Waals surface area contributed by atoms with E-state index in [0.717, 1.165) is 0 Å². The van der Waals surface area contributed by atoms with Crippen LogP contribution in [0.15, 0.2) is 0 Å². The zero-order valence-corrected chi connectivity index (χ0v) is 13.3. The van der Waals surface area contributed by atoms with Gasteiger partial charge in [-0.15, -0.1) is 0 Å². The van der Waals surface area contributed by atoms with Gasteiger partial charge in [0.05, 0.1) is 0 Å². The van der Waals surface area contributed by atoms with Crippen LogP contribution in [0.25, 0.3) is 0 Å². The maximum atomic E-state index is 14.2. The summed E-state index contributed by atoms with van der Waals surface area (Å²) >= 11 is 0. The normalized spacial score (nSPS) is 18.6. The van der Waals surface area contributed by atoms with Crippen LogP contribution >= 0.6 is 0 Å². The third kappa shape index (κ3) is 3.40. The zero-order valence-electron chi connectivity index (χ0n) is 13.3. The Morgan fingerprint density at radius 2 is 0.438 bits per heavy atom. The Kier molecular flexibility index (Phi) is 6.65. The van der Waals surface area contributed by atoms with Crippen molar-refractivity contribution in [2.75, 3.05) is 0 Å². The van der Waals surface area contributed by atoms with E-state index in [0.29, 0.717) is 0 Å². The van der Waals surface area contributed by atoms with Crippen LogP contribution in [0.3, 0.4) is 0 Å². The zero-order chi connectivity index (χ0) is 27.0. The molecule has 0 rings (SSSR count). The number of hydrogen-bond donors (Lipinski definition) is 0. The molecule has 0 N–H and O–H groups in total. The maximum Gasteiger partial charge on any atom is 0.457 e. The van der Waals surface area contributed by atoms with Crippen LogP contribution in [0.1, 0.15) is 0 Å². The minimum absolute atomic E-state index is 8.68. The van der Waals surface area contributed by atoms with Gasteiger partial charge in [-0.1, -0.05) is 0 Å². The molecule has 0 saturated carbocycles. The Morgan fingerprint density at radius 1 is 0.219 bits per heavy atom. The molecule has 0 amide bonds. The highest BCUT2D eigenvalue weighted by Gasteiger charge is 3.07. The first-order chi connectivity index (χ1) is 13.2. The van der Waals surface area contributed by atoms with E-state index in [9.17, 15) is 96.6 Å². The van der Waals surface area contributed by atoms with Gasteiger partial charge in [-0.2, -0.15) is 92.2 Å². The molecule has 22 heteroatoms. The molecule has 0 heterocycles. The Bertz CT molecular complexity index is 650. The van der Waals surface area contributed by atoms with Gasteiger partial charge in [-0.3, -0.25) is 0 Å². The lowest BCUT2D eigenvalue weighted by Crippen LogP contribution is -2.86. The average Bonchev–Trinajstić information content (AvgIpc) is 2.39. The standard InChI is InChI=1S/C10F22/c11-2(7(21,22)23,5(16,17)10(30,31)32)1(6(18,19)20,3(12,13)8(24,25)26)4(14,15)9(27,28)29. The van der Waals surface area contributed by atoms with Gasteiger partial charge in [0.15, 0.2) is 0 Å². The second kappa shape index (κ2) is 6.98. The summed E-state index contributed by atoms with van der Waals surface area (Å²) in [7, 11) is 0. The molecular weight excluding hydrogens is 538 g/mol. The summed E-state index contributed by atoms with van der Waals surface area (Å²) in [5, 5.41) is 0. The summed E-state index contributed by atoms with van der Waals surface area (Å²) in [6, 6.07) is 0. The molecule has 0 bridgehead atoms. The second-order valence-corrected chi connectivity index (χ2v) is 5.62. The molecule has 0 nitrogen and oxygen atoms in total. The molecule has 0 saturated heterocycles. The van der Waals surface area contributed by atoms with E-state index in [1.54, 1.807) is 0 Å². The first kappa shape index (κ1) is 30.5. The summed E-state index contributed by atoms with van der Waals surface area (Å²) in [6.45, 7) is 0. The van der Waals surface area contributed by atoms with Crippen molar-refractivity contribution in [1.82, 2.24) is 0 Å². The summed E-state index contributed by atoms with van der Waals surface area (Å²) < 4.78 is 282. The Hall–Kier alpha value is -1.54. The lowest BCUT2D eigenvalue weighted by molar-refractivity contribution is -0.536. The van der Waals surface area contributed by atoms with E-state index in [4.69, 9.17) is 0 Å². The average molecular weight is 538 g/mol. The van der Waals surface area contributed by atoms with E-state index >= 15 is 0 Å². The van der Waals surface area contributed by atoms with E-state index in [-0.39, 0.29) is 0 Å². The molecule has 194 valence electrons. The Balaban J connectivity index is 8.71. The lowest BCUT2D eigenvalue weighted by Gasteiger charge is -2.54. The van der Waals surface area contributed by atoms with Crippen LogP contribution in [-0.2, 0) is 0 Å². The molecule has 32 heavy (non-hydrogen) atoms. The summed E-state index contributed by atoms with van der Waals surface area (Å²) in [5.74, 6) is -28.7. The van der Waals surface area contributed by atoms with Crippen molar-refractivity contribution in [3.8, 4) is 0 Å². The smallest absolute Gasteiger partial charge is 0.225 e. The topological polar surface area (TPSA) is 0 Å². The SMILES string of the molecule is FC(F)(F)C(F)(F)C(F)(C(F)(F)F)C(C(F)(F)F)(C(F)(F)C(F)(F)F)C(F)(F)C(F)(F)F. The van der Waals surface area contributed by atoms with Crippen LogP contribution in [0.5, 0.6) is 0 Å². The summed E-state index contributed by atoms with van der Waals surface area (Å²) in [6.07, 6.45) is -45.1. The molecule has 0 aromatic heterocycles. The predicted molar refractivity (Wildman–Crippen MR) is 51.4 cm³/mol. The first-order valence-corrected chi connectivity index (χ1v) is 6.41. The van der Waals surface area contributed by atoms with Gasteiger partial charge in [-0.05, 0) is 0 Å². The molecular formula is C10F22. The van der Waals surface area contributed by atoms with Crippen LogP contribution in [0.2, 0.25) is 0 Å². The van der Waals surface area contributed by atoms with Crippen molar-refractivity contribution in [3.05, 3.63) is 0 Å². The van der Waals surface area contributed by atoms with Crippen molar-refractivity contribution in [3.63, 3.8) is 0 Å².